The van der Waals surface area contributed by atoms with Crippen LogP contribution in [0.4, 0.5) is 0 Å². The molecule has 0 saturated heterocycles. The topological polar surface area (TPSA) is 50.9 Å². The number of hydrazine groups is 1. The van der Waals surface area contributed by atoms with Crippen LogP contribution in [0.25, 0.3) is 10.9 Å². The summed E-state index contributed by atoms with van der Waals surface area (Å²) in [5, 5.41) is 1.11. The van der Waals surface area contributed by atoms with Crippen LogP contribution in [0.2, 0.25) is 0 Å². The van der Waals surface area contributed by atoms with E-state index in [1.165, 1.54) is 0 Å². The zero-order chi connectivity index (χ0) is 11.5. The molecule has 1 unspecified atom stereocenters. The maximum atomic E-state index is 5.51. The Balaban J connectivity index is 2.71. The molecule has 0 aliphatic carbocycles. The number of pyridine rings is 1. The Morgan fingerprint density at radius 3 is 2.88 bits per heavy atom. The SMILES string of the molecule is C=CC(NN)c1cc(C)nc2ccccc12. The maximum Gasteiger partial charge on any atom is 0.0708 e. The summed E-state index contributed by atoms with van der Waals surface area (Å²) in [5.41, 5.74) is 5.82. The summed E-state index contributed by atoms with van der Waals surface area (Å²) in [6.07, 6.45) is 1.79. The van der Waals surface area contributed by atoms with Crippen LogP contribution in [-0.2, 0) is 0 Å². The van der Waals surface area contributed by atoms with Crippen LogP contribution < -0.4 is 11.3 Å². The second kappa shape index (κ2) is 4.43. The smallest absolute Gasteiger partial charge is 0.0708 e. The Morgan fingerprint density at radius 2 is 2.19 bits per heavy atom. The Kier molecular flexibility index (Phi) is 2.99. The second-order valence-electron chi connectivity index (χ2n) is 3.75. The van der Waals surface area contributed by atoms with Crippen molar-refractivity contribution in [2.24, 2.45) is 5.84 Å². The minimum Gasteiger partial charge on any atom is -0.271 e. The fraction of sp³-hybridized carbons (Fsp3) is 0.154. The average Bonchev–Trinajstić information content (AvgIpc) is 2.30. The molecule has 0 saturated carbocycles. The molecule has 3 N–H and O–H groups in total. The Labute approximate surface area is 95.0 Å². The van der Waals surface area contributed by atoms with E-state index in [0.29, 0.717) is 0 Å². The van der Waals surface area contributed by atoms with Crippen molar-refractivity contribution < 1.29 is 0 Å². The van der Waals surface area contributed by atoms with E-state index in [-0.39, 0.29) is 6.04 Å². The number of benzene rings is 1. The third-order valence-corrected chi connectivity index (χ3v) is 2.63. The lowest BCUT2D eigenvalue weighted by atomic mass is 10.0. The molecule has 0 bridgehead atoms. The van der Waals surface area contributed by atoms with Gasteiger partial charge in [0, 0.05) is 11.1 Å². The predicted molar refractivity (Wildman–Crippen MR) is 66.7 cm³/mol. The zero-order valence-corrected chi connectivity index (χ0v) is 9.27. The Hall–Kier alpha value is -1.71. The summed E-state index contributed by atoms with van der Waals surface area (Å²) >= 11 is 0. The number of nitrogens with zero attached hydrogens (tertiary/aromatic N) is 1. The van der Waals surface area contributed by atoms with Gasteiger partial charge in [0.15, 0.2) is 0 Å². The van der Waals surface area contributed by atoms with Crippen LogP contribution in [0.3, 0.4) is 0 Å². The van der Waals surface area contributed by atoms with Gasteiger partial charge in [-0.25, -0.2) is 5.43 Å². The molecule has 0 aliphatic heterocycles. The van der Waals surface area contributed by atoms with E-state index in [1.54, 1.807) is 6.08 Å². The third-order valence-electron chi connectivity index (χ3n) is 2.63. The number of hydrogen-bond acceptors (Lipinski definition) is 3. The van der Waals surface area contributed by atoms with Gasteiger partial charge in [-0.15, -0.1) is 6.58 Å². The van der Waals surface area contributed by atoms with E-state index in [2.05, 4.69) is 17.0 Å². The van der Waals surface area contributed by atoms with Crippen LogP contribution in [0.5, 0.6) is 0 Å². The van der Waals surface area contributed by atoms with Gasteiger partial charge in [-0.05, 0) is 24.6 Å². The molecule has 0 amide bonds. The first-order valence-corrected chi connectivity index (χ1v) is 5.21. The van der Waals surface area contributed by atoms with Crippen molar-refractivity contribution in [1.82, 2.24) is 10.4 Å². The van der Waals surface area contributed by atoms with Crippen LogP contribution >= 0.6 is 0 Å². The van der Waals surface area contributed by atoms with Gasteiger partial charge in [-0.1, -0.05) is 24.3 Å². The molecule has 1 atom stereocenters. The summed E-state index contributed by atoms with van der Waals surface area (Å²) in [6, 6.07) is 10.0. The van der Waals surface area contributed by atoms with Gasteiger partial charge in [-0.2, -0.15) is 0 Å². The highest BCUT2D eigenvalue weighted by molar-refractivity contribution is 5.83. The van der Waals surface area contributed by atoms with Crippen LogP contribution in [-0.4, -0.2) is 4.98 Å². The number of fused-ring (bicyclic) bond motifs is 1. The fourth-order valence-corrected chi connectivity index (χ4v) is 1.88. The maximum absolute atomic E-state index is 5.51. The molecule has 1 heterocycles. The first kappa shape index (κ1) is 10.8. The zero-order valence-electron chi connectivity index (χ0n) is 9.27. The Morgan fingerprint density at radius 1 is 1.44 bits per heavy atom. The van der Waals surface area contributed by atoms with Crippen LogP contribution in [0, 0.1) is 6.92 Å². The minimum absolute atomic E-state index is 0.0494. The first-order chi connectivity index (χ1) is 7.76. The predicted octanol–water partition coefficient (Wildman–Crippen LogP) is 2.23. The molecule has 82 valence electrons. The molecule has 16 heavy (non-hydrogen) atoms. The van der Waals surface area contributed by atoms with E-state index in [9.17, 15) is 0 Å². The van der Waals surface area contributed by atoms with Crippen LogP contribution in [0.1, 0.15) is 17.3 Å². The van der Waals surface area contributed by atoms with Crippen molar-refractivity contribution in [2.45, 2.75) is 13.0 Å². The van der Waals surface area contributed by atoms with E-state index >= 15 is 0 Å². The fourth-order valence-electron chi connectivity index (χ4n) is 1.88. The number of aromatic nitrogens is 1. The molecule has 0 aliphatic rings. The summed E-state index contributed by atoms with van der Waals surface area (Å²) in [7, 11) is 0. The van der Waals surface area contributed by atoms with E-state index in [1.807, 2.05) is 37.3 Å². The molecule has 1 aromatic heterocycles. The quantitative estimate of drug-likeness (QED) is 0.467. The molecule has 2 rings (SSSR count). The number of nitrogens with one attached hydrogen (secondary N) is 1. The molecular formula is C13H15N3. The molecule has 0 spiro atoms. The summed E-state index contributed by atoms with van der Waals surface area (Å²) in [4.78, 5) is 4.48. The third kappa shape index (κ3) is 1.83. The van der Waals surface area contributed by atoms with Gasteiger partial charge >= 0.3 is 0 Å². The minimum atomic E-state index is -0.0494. The lowest BCUT2D eigenvalue weighted by Gasteiger charge is -2.14. The highest BCUT2D eigenvalue weighted by Crippen LogP contribution is 2.24. The van der Waals surface area contributed by atoms with Crippen LogP contribution in [0.15, 0.2) is 43.0 Å². The highest BCUT2D eigenvalue weighted by atomic mass is 15.2. The first-order valence-electron chi connectivity index (χ1n) is 5.21. The van der Waals surface area contributed by atoms with Crippen molar-refractivity contribution in [3.8, 4) is 0 Å². The highest BCUT2D eigenvalue weighted by Gasteiger charge is 2.10. The number of aryl methyl sites for hydroxylation is 1. The number of para-hydroxylation sites is 1. The number of nitrogens with two attached hydrogens (primary N) is 1. The van der Waals surface area contributed by atoms with Gasteiger partial charge in [0.25, 0.3) is 0 Å². The molecule has 2 aromatic rings. The van der Waals surface area contributed by atoms with Gasteiger partial charge < -0.3 is 0 Å². The lowest BCUT2D eigenvalue weighted by Crippen LogP contribution is -2.26. The van der Waals surface area contributed by atoms with Crippen molar-refractivity contribution in [3.63, 3.8) is 0 Å². The van der Waals surface area contributed by atoms with Gasteiger partial charge in [0.05, 0.1) is 11.6 Å². The van der Waals surface area contributed by atoms with Gasteiger partial charge in [0.2, 0.25) is 0 Å². The number of rotatable bonds is 3. The van der Waals surface area contributed by atoms with Gasteiger partial charge in [-0.3, -0.25) is 10.8 Å². The standard InChI is InChI=1S/C13H15N3/c1-3-12(16-14)11-8-9(2)15-13-7-5-4-6-10(11)13/h3-8,12,16H,1,14H2,2H3. The second-order valence-corrected chi connectivity index (χ2v) is 3.75. The van der Waals surface area contributed by atoms with E-state index in [4.69, 9.17) is 5.84 Å². The van der Waals surface area contributed by atoms with Crippen molar-refractivity contribution >= 4 is 10.9 Å². The Bertz CT molecular complexity index is 520. The molecule has 0 radical (unpaired) electrons. The van der Waals surface area contributed by atoms with Crippen molar-refractivity contribution in [1.29, 1.82) is 0 Å². The number of hydrogen-bond donors (Lipinski definition) is 2. The molecular weight excluding hydrogens is 198 g/mol. The summed E-state index contributed by atoms with van der Waals surface area (Å²) in [6.45, 7) is 5.76. The van der Waals surface area contributed by atoms with Crippen molar-refractivity contribution in [2.75, 3.05) is 0 Å². The van der Waals surface area contributed by atoms with E-state index in [0.717, 1.165) is 22.2 Å². The summed E-state index contributed by atoms with van der Waals surface area (Å²) in [5.74, 6) is 5.51. The normalized spacial score (nSPS) is 12.6. The molecule has 3 nitrogen and oxygen atoms in total. The lowest BCUT2D eigenvalue weighted by molar-refractivity contribution is 0.660. The summed E-state index contributed by atoms with van der Waals surface area (Å²) < 4.78 is 0. The van der Waals surface area contributed by atoms with E-state index < -0.39 is 0 Å². The molecule has 0 fully saturated rings. The van der Waals surface area contributed by atoms with Crippen molar-refractivity contribution in [3.05, 3.63) is 54.2 Å². The average molecular weight is 213 g/mol. The molecule has 1 aromatic carbocycles. The monoisotopic (exact) mass is 213 g/mol. The van der Waals surface area contributed by atoms with Gasteiger partial charge in [0.1, 0.15) is 0 Å². The largest absolute Gasteiger partial charge is 0.271 e. The molecule has 3 heteroatoms.